The van der Waals surface area contributed by atoms with Crippen LogP contribution in [0.3, 0.4) is 0 Å². The normalized spacial score (nSPS) is 38.0. The average Bonchev–Trinajstić information content (AvgIpc) is 3.00. The highest BCUT2D eigenvalue weighted by molar-refractivity contribution is 7.88. The van der Waals surface area contributed by atoms with E-state index in [0.29, 0.717) is 25.0 Å². The first-order valence-corrected chi connectivity index (χ1v) is 9.54. The lowest BCUT2D eigenvalue weighted by atomic mass is 9.93. The highest BCUT2D eigenvalue weighted by atomic mass is 32.2. The smallest absolute Gasteiger partial charge is 0.224 e. The molecule has 1 aliphatic heterocycles. The van der Waals surface area contributed by atoms with Crippen molar-refractivity contribution >= 4 is 15.9 Å². The van der Waals surface area contributed by atoms with E-state index in [2.05, 4.69) is 5.32 Å². The van der Waals surface area contributed by atoms with Crippen molar-refractivity contribution in [2.75, 3.05) is 19.3 Å². The van der Waals surface area contributed by atoms with E-state index in [9.17, 15) is 13.2 Å². The Morgan fingerprint density at radius 2 is 2.00 bits per heavy atom. The summed E-state index contributed by atoms with van der Waals surface area (Å²) in [4.78, 5) is 12.4. The Morgan fingerprint density at radius 3 is 2.60 bits per heavy atom. The van der Waals surface area contributed by atoms with E-state index in [4.69, 9.17) is 0 Å². The van der Waals surface area contributed by atoms with Gasteiger partial charge in [-0.3, -0.25) is 4.79 Å². The van der Waals surface area contributed by atoms with Gasteiger partial charge >= 0.3 is 0 Å². The largest absolute Gasteiger partial charge is 0.353 e. The molecule has 2 aliphatic carbocycles. The molecule has 5 nitrogen and oxygen atoms in total. The summed E-state index contributed by atoms with van der Waals surface area (Å²) in [6.45, 7) is 0.905. The van der Waals surface area contributed by atoms with E-state index < -0.39 is 10.0 Å². The van der Waals surface area contributed by atoms with Gasteiger partial charge in [-0.05, 0) is 43.9 Å². The summed E-state index contributed by atoms with van der Waals surface area (Å²) in [5.41, 5.74) is 0. The second kappa shape index (κ2) is 5.30. The van der Waals surface area contributed by atoms with Gasteiger partial charge in [-0.15, -0.1) is 0 Å². The minimum atomic E-state index is -3.17. The molecule has 0 aromatic heterocycles. The lowest BCUT2D eigenvalue weighted by molar-refractivity contribution is -0.127. The summed E-state index contributed by atoms with van der Waals surface area (Å²) in [6, 6.07) is 0.342. The third kappa shape index (κ3) is 2.86. The SMILES string of the molecule is CS(=O)(=O)N1CCC[C@@H](C(=O)N[C@H]2C[C@H]3CC[C@H]2C3)C1. The summed E-state index contributed by atoms with van der Waals surface area (Å²) in [7, 11) is -3.17. The van der Waals surface area contributed by atoms with Crippen LogP contribution in [0.4, 0.5) is 0 Å². The molecule has 4 atom stereocenters. The lowest BCUT2D eigenvalue weighted by Gasteiger charge is -2.32. The van der Waals surface area contributed by atoms with Gasteiger partial charge < -0.3 is 5.32 Å². The van der Waals surface area contributed by atoms with Crippen LogP contribution in [0.25, 0.3) is 0 Å². The lowest BCUT2D eigenvalue weighted by Crippen LogP contribution is -2.48. The second-order valence-electron chi connectivity index (χ2n) is 6.75. The molecule has 0 spiro atoms. The molecule has 114 valence electrons. The van der Waals surface area contributed by atoms with Crippen LogP contribution in [0.1, 0.15) is 38.5 Å². The van der Waals surface area contributed by atoms with Crippen molar-refractivity contribution in [1.82, 2.24) is 9.62 Å². The standard InChI is InChI=1S/C14H24N2O3S/c1-20(18,19)16-6-2-3-12(9-16)14(17)15-13-8-10-4-5-11(13)7-10/h10-13H,2-9H2,1H3,(H,15,17)/t10-,11-,12+,13-/m0/s1. The Balaban J connectivity index is 1.57. The van der Waals surface area contributed by atoms with Crippen molar-refractivity contribution in [3.05, 3.63) is 0 Å². The molecule has 1 N–H and O–H groups in total. The molecule has 3 rings (SSSR count). The number of nitrogens with one attached hydrogen (secondary N) is 1. The van der Waals surface area contributed by atoms with Crippen molar-refractivity contribution in [3.63, 3.8) is 0 Å². The fourth-order valence-electron chi connectivity index (χ4n) is 4.18. The molecule has 0 radical (unpaired) electrons. The number of hydrogen-bond acceptors (Lipinski definition) is 3. The first-order valence-electron chi connectivity index (χ1n) is 7.69. The maximum Gasteiger partial charge on any atom is 0.224 e. The molecule has 3 aliphatic rings. The topological polar surface area (TPSA) is 66.5 Å². The van der Waals surface area contributed by atoms with Crippen LogP contribution in [0, 0.1) is 17.8 Å². The third-order valence-corrected chi connectivity index (χ3v) is 6.56. The maximum absolute atomic E-state index is 12.4. The van der Waals surface area contributed by atoms with Gasteiger partial charge in [0.2, 0.25) is 15.9 Å². The van der Waals surface area contributed by atoms with E-state index in [0.717, 1.165) is 25.2 Å². The fraction of sp³-hybridized carbons (Fsp3) is 0.929. The Bertz CT molecular complexity index is 491. The number of carbonyl (C=O) groups excluding carboxylic acids is 1. The van der Waals surface area contributed by atoms with Crippen molar-refractivity contribution < 1.29 is 13.2 Å². The summed E-state index contributed by atoms with van der Waals surface area (Å²) in [6.07, 6.45) is 7.77. The molecule has 20 heavy (non-hydrogen) atoms. The van der Waals surface area contributed by atoms with E-state index in [1.54, 1.807) is 0 Å². The number of piperidine rings is 1. The fourth-order valence-corrected chi connectivity index (χ4v) is 5.09. The third-order valence-electron chi connectivity index (χ3n) is 5.29. The van der Waals surface area contributed by atoms with Crippen LogP contribution < -0.4 is 5.32 Å². The number of hydrogen-bond donors (Lipinski definition) is 1. The van der Waals surface area contributed by atoms with Gasteiger partial charge in [-0.1, -0.05) is 6.42 Å². The molecule has 2 bridgehead atoms. The Morgan fingerprint density at radius 1 is 1.20 bits per heavy atom. The highest BCUT2D eigenvalue weighted by Gasteiger charge is 2.41. The number of rotatable bonds is 3. The van der Waals surface area contributed by atoms with Gasteiger partial charge in [-0.2, -0.15) is 0 Å². The number of carbonyl (C=O) groups is 1. The van der Waals surface area contributed by atoms with Gasteiger partial charge in [0.15, 0.2) is 0 Å². The Kier molecular flexibility index (Phi) is 3.79. The molecule has 3 fully saturated rings. The predicted octanol–water partition coefficient (Wildman–Crippen LogP) is 0.963. The molecule has 6 heteroatoms. The van der Waals surface area contributed by atoms with Crippen LogP contribution in [0.2, 0.25) is 0 Å². The van der Waals surface area contributed by atoms with Gasteiger partial charge in [0.1, 0.15) is 0 Å². The zero-order valence-electron chi connectivity index (χ0n) is 12.0. The number of amides is 1. The monoisotopic (exact) mass is 300 g/mol. The molecule has 1 heterocycles. The van der Waals surface area contributed by atoms with Crippen molar-refractivity contribution in [2.24, 2.45) is 17.8 Å². The average molecular weight is 300 g/mol. The van der Waals surface area contributed by atoms with Gasteiger partial charge in [0, 0.05) is 19.1 Å². The van der Waals surface area contributed by atoms with Crippen LogP contribution in [-0.2, 0) is 14.8 Å². The predicted molar refractivity (Wildman–Crippen MR) is 76.5 cm³/mol. The van der Waals surface area contributed by atoms with Crippen LogP contribution in [0.15, 0.2) is 0 Å². The molecule has 1 saturated heterocycles. The van der Waals surface area contributed by atoms with E-state index in [1.165, 1.54) is 29.8 Å². The van der Waals surface area contributed by atoms with E-state index >= 15 is 0 Å². The number of sulfonamides is 1. The molecular formula is C14H24N2O3S. The van der Waals surface area contributed by atoms with E-state index in [-0.39, 0.29) is 11.8 Å². The first-order chi connectivity index (χ1) is 9.43. The first kappa shape index (κ1) is 14.3. The summed E-state index contributed by atoms with van der Waals surface area (Å²) >= 11 is 0. The molecule has 0 aromatic carbocycles. The molecular weight excluding hydrogens is 276 g/mol. The molecule has 2 saturated carbocycles. The number of nitrogens with zero attached hydrogens (tertiary/aromatic N) is 1. The number of fused-ring (bicyclic) bond motifs is 2. The van der Waals surface area contributed by atoms with Crippen molar-refractivity contribution in [1.29, 1.82) is 0 Å². The summed E-state index contributed by atoms with van der Waals surface area (Å²) in [5.74, 6) is 1.37. The molecule has 0 aromatic rings. The van der Waals surface area contributed by atoms with Gasteiger partial charge in [-0.25, -0.2) is 12.7 Å². The minimum absolute atomic E-state index is 0.0656. The van der Waals surface area contributed by atoms with Crippen LogP contribution in [0.5, 0.6) is 0 Å². The highest BCUT2D eigenvalue weighted by Crippen LogP contribution is 2.44. The zero-order chi connectivity index (χ0) is 14.3. The van der Waals surface area contributed by atoms with Crippen molar-refractivity contribution in [3.8, 4) is 0 Å². The van der Waals surface area contributed by atoms with Crippen LogP contribution >= 0.6 is 0 Å². The van der Waals surface area contributed by atoms with Crippen molar-refractivity contribution in [2.45, 2.75) is 44.6 Å². The Labute approximate surface area is 121 Å². The molecule has 1 amide bonds. The Hall–Kier alpha value is -0.620. The zero-order valence-corrected chi connectivity index (χ0v) is 12.9. The van der Waals surface area contributed by atoms with Gasteiger partial charge in [0.05, 0.1) is 12.2 Å². The maximum atomic E-state index is 12.4. The molecule has 0 unspecified atom stereocenters. The quantitative estimate of drug-likeness (QED) is 0.844. The second-order valence-corrected chi connectivity index (χ2v) is 8.73. The van der Waals surface area contributed by atoms with Crippen LogP contribution in [-0.4, -0.2) is 44.0 Å². The summed E-state index contributed by atoms with van der Waals surface area (Å²) in [5, 5.41) is 3.19. The minimum Gasteiger partial charge on any atom is -0.353 e. The summed E-state index contributed by atoms with van der Waals surface area (Å²) < 4.78 is 24.6. The van der Waals surface area contributed by atoms with Gasteiger partial charge in [0.25, 0.3) is 0 Å². The van der Waals surface area contributed by atoms with E-state index in [1.807, 2.05) is 0 Å².